The summed E-state index contributed by atoms with van der Waals surface area (Å²) in [6, 6.07) is 1.24. The summed E-state index contributed by atoms with van der Waals surface area (Å²) in [5.74, 6) is -3.52. The third kappa shape index (κ3) is 3.03. The van der Waals surface area contributed by atoms with Crippen molar-refractivity contribution >= 4 is 5.97 Å². The van der Waals surface area contributed by atoms with Gasteiger partial charge in [-0.15, -0.1) is 0 Å². The van der Waals surface area contributed by atoms with E-state index in [0.29, 0.717) is 23.2 Å². The maximum Gasteiger partial charge on any atom is 0.340 e. The monoisotopic (exact) mass is 257 g/mol. The minimum Gasteiger partial charge on any atom is -0.462 e. The molecule has 1 rings (SSSR count). The van der Waals surface area contributed by atoms with Crippen molar-refractivity contribution in [2.45, 2.75) is 40.0 Å². The first-order valence-corrected chi connectivity index (χ1v) is 5.87. The molecule has 1 heterocycles. The first-order chi connectivity index (χ1) is 8.31. The van der Waals surface area contributed by atoms with Crippen molar-refractivity contribution in [1.29, 1.82) is 0 Å². The topological polar surface area (TPSA) is 39.2 Å². The number of alkyl halides is 2. The predicted octanol–water partition coefficient (Wildman–Crippen LogP) is 3.24. The molecule has 0 unspecified atom stereocenters. The number of esters is 1. The molecule has 0 aliphatic carbocycles. The van der Waals surface area contributed by atoms with E-state index in [9.17, 15) is 13.6 Å². The number of aryl methyl sites for hydroxylation is 2. The van der Waals surface area contributed by atoms with Crippen molar-refractivity contribution in [3.05, 3.63) is 28.6 Å². The Morgan fingerprint density at radius 3 is 2.50 bits per heavy atom. The summed E-state index contributed by atoms with van der Waals surface area (Å²) in [4.78, 5) is 15.6. The van der Waals surface area contributed by atoms with Gasteiger partial charge in [0.1, 0.15) is 5.69 Å². The van der Waals surface area contributed by atoms with E-state index in [2.05, 4.69) is 4.98 Å². The molecule has 5 heteroatoms. The number of hydrogen-bond acceptors (Lipinski definition) is 3. The van der Waals surface area contributed by atoms with E-state index in [-0.39, 0.29) is 12.3 Å². The van der Waals surface area contributed by atoms with E-state index in [1.807, 2.05) is 0 Å². The lowest BCUT2D eigenvalue weighted by Gasteiger charge is -2.15. The summed E-state index contributed by atoms with van der Waals surface area (Å²) >= 11 is 0. The van der Waals surface area contributed by atoms with E-state index in [1.165, 1.54) is 6.07 Å². The lowest BCUT2D eigenvalue weighted by molar-refractivity contribution is 0.0123. The number of carbonyl (C=O) groups excluding carboxylic acids is 1. The fourth-order valence-corrected chi connectivity index (χ4v) is 1.70. The van der Waals surface area contributed by atoms with Crippen LogP contribution in [-0.4, -0.2) is 17.6 Å². The summed E-state index contributed by atoms with van der Waals surface area (Å²) in [6.45, 7) is 6.11. The number of pyridine rings is 1. The first kappa shape index (κ1) is 14.5. The second-order valence-electron chi connectivity index (χ2n) is 4.11. The summed E-state index contributed by atoms with van der Waals surface area (Å²) in [7, 11) is 0. The number of rotatable bonds is 4. The van der Waals surface area contributed by atoms with Crippen LogP contribution in [0, 0.1) is 6.92 Å². The molecule has 0 aliphatic heterocycles. The number of aromatic nitrogens is 1. The maximum atomic E-state index is 13.3. The third-order valence-electron chi connectivity index (χ3n) is 2.56. The average molecular weight is 257 g/mol. The van der Waals surface area contributed by atoms with E-state index in [0.717, 1.165) is 6.92 Å². The van der Waals surface area contributed by atoms with Crippen LogP contribution in [0.25, 0.3) is 0 Å². The summed E-state index contributed by atoms with van der Waals surface area (Å²) in [5.41, 5.74) is 0.805. The smallest absolute Gasteiger partial charge is 0.340 e. The second-order valence-corrected chi connectivity index (χ2v) is 4.11. The molecule has 0 saturated carbocycles. The van der Waals surface area contributed by atoms with Crippen LogP contribution in [0.1, 0.15) is 48.1 Å². The summed E-state index contributed by atoms with van der Waals surface area (Å²) in [5, 5.41) is 0. The Morgan fingerprint density at radius 2 is 2.06 bits per heavy atom. The molecule has 0 atom stereocenters. The van der Waals surface area contributed by atoms with Gasteiger partial charge in [0.15, 0.2) is 0 Å². The minimum absolute atomic E-state index is 0.243. The molecule has 100 valence electrons. The largest absolute Gasteiger partial charge is 0.462 e. The molecule has 0 bridgehead atoms. The Labute approximate surface area is 105 Å². The molecule has 1 aromatic heterocycles. The molecule has 0 N–H and O–H groups in total. The van der Waals surface area contributed by atoms with Crippen LogP contribution in [-0.2, 0) is 17.1 Å². The van der Waals surface area contributed by atoms with E-state index >= 15 is 0 Å². The van der Waals surface area contributed by atoms with Crippen LogP contribution in [0.5, 0.6) is 0 Å². The zero-order valence-corrected chi connectivity index (χ0v) is 11.0. The minimum atomic E-state index is -3.01. The molecular formula is C13H17F2NO2. The van der Waals surface area contributed by atoms with Crippen LogP contribution < -0.4 is 0 Å². The molecule has 0 spiro atoms. The molecular weight excluding hydrogens is 240 g/mol. The fourth-order valence-electron chi connectivity index (χ4n) is 1.70. The molecule has 0 saturated heterocycles. The van der Waals surface area contributed by atoms with Crippen molar-refractivity contribution < 1.29 is 18.3 Å². The van der Waals surface area contributed by atoms with Gasteiger partial charge in [0, 0.05) is 6.92 Å². The van der Waals surface area contributed by atoms with E-state index < -0.39 is 11.9 Å². The maximum absolute atomic E-state index is 13.3. The molecule has 0 radical (unpaired) electrons. The number of carbonyl (C=O) groups is 1. The van der Waals surface area contributed by atoms with Gasteiger partial charge in [0.25, 0.3) is 5.92 Å². The van der Waals surface area contributed by atoms with Gasteiger partial charge < -0.3 is 4.74 Å². The van der Waals surface area contributed by atoms with Crippen molar-refractivity contribution in [1.82, 2.24) is 4.98 Å². The highest BCUT2D eigenvalue weighted by atomic mass is 19.3. The van der Waals surface area contributed by atoms with Crippen LogP contribution in [0.2, 0.25) is 0 Å². The standard InChI is InChI=1S/C13H17F2NO2/c1-5-9-11(12(17)18-6-2)8(3)7-10(16-9)13(4,14)15/h7H,5-6H2,1-4H3. The Kier molecular flexibility index (Phi) is 4.38. The highest BCUT2D eigenvalue weighted by Gasteiger charge is 2.29. The second kappa shape index (κ2) is 5.42. The Balaban J connectivity index is 3.33. The molecule has 0 fully saturated rings. The van der Waals surface area contributed by atoms with Crippen LogP contribution in [0.4, 0.5) is 8.78 Å². The quantitative estimate of drug-likeness (QED) is 0.777. The first-order valence-electron chi connectivity index (χ1n) is 5.87. The number of ether oxygens (including phenoxy) is 1. The summed E-state index contributed by atoms with van der Waals surface area (Å²) < 4.78 is 31.4. The SMILES string of the molecule is CCOC(=O)c1c(C)cc(C(C)(F)F)nc1CC. The molecule has 3 nitrogen and oxygen atoms in total. The van der Waals surface area contributed by atoms with Gasteiger partial charge in [0.2, 0.25) is 0 Å². The fraction of sp³-hybridized carbons (Fsp3) is 0.538. The Bertz CT molecular complexity index is 453. The van der Waals surface area contributed by atoms with Crippen molar-refractivity contribution in [3.8, 4) is 0 Å². The zero-order chi connectivity index (χ0) is 13.9. The van der Waals surface area contributed by atoms with Crippen LogP contribution >= 0.6 is 0 Å². The Hall–Kier alpha value is -1.52. The van der Waals surface area contributed by atoms with Crippen LogP contribution in [0.3, 0.4) is 0 Å². The molecule has 0 aliphatic rings. The molecule has 1 aromatic rings. The zero-order valence-electron chi connectivity index (χ0n) is 11.0. The predicted molar refractivity (Wildman–Crippen MR) is 63.9 cm³/mol. The molecule has 18 heavy (non-hydrogen) atoms. The number of halogens is 2. The number of hydrogen-bond donors (Lipinski definition) is 0. The Morgan fingerprint density at radius 1 is 1.44 bits per heavy atom. The highest BCUT2D eigenvalue weighted by Crippen LogP contribution is 2.28. The van der Waals surface area contributed by atoms with Crippen LogP contribution in [0.15, 0.2) is 6.07 Å². The van der Waals surface area contributed by atoms with Gasteiger partial charge in [-0.1, -0.05) is 6.92 Å². The van der Waals surface area contributed by atoms with Gasteiger partial charge >= 0.3 is 5.97 Å². The lowest BCUT2D eigenvalue weighted by Crippen LogP contribution is -2.17. The van der Waals surface area contributed by atoms with Crippen molar-refractivity contribution in [3.63, 3.8) is 0 Å². The van der Waals surface area contributed by atoms with E-state index in [1.54, 1.807) is 20.8 Å². The van der Waals surface area contributed by atoms with Gasteiger partial charge in [0.05, 0.1) is 17.9 Å². The normalized spacial score (nSPS) is 11.4. The third-order valence-corrected chi connectivity index (χ3v) is 2.56. The summed E-state index contributed by atoms with van der Waals surface area (Å²) in [6.07, 6.45) is 0.402. The van der Waals surface area contributed by atoms with Gasteiger partial charge in [-0.05, 0) is 31.9 Å². The van der Waals surface area contributed by atoms with Gasteiger partial charge in [-0.25, -0.2) is 4.79 Å². The van der Waals surface area contributed by atoms with Gasteiger partial charge in [-0.2, -0.15) is 8.78 Å². The molecule has 0 aromatic carbocycles. The average Bonchev–Trinajstić information content (AvgIpc) is 2.26. The van der Waals surface area contributed by atoms with E-state index in [4.69, 9.17) is 4.74 Å². The van der Waals surface area contributed by atoms with Gasteiger partial charge in [-0.3, -0.25) is 4.98 Å². The van der Waals surface area contributed by atoms with Crippen molar-refractivity contribution in [2.24, 2.45) is 0 Å². The highest BCUT2D eigenvalue weighted by molar-refractivity contribution is 5.92. The number of nitrogens with zero attached hydrogens (tertiary/aromatic N) is 1. The molecule has 0 amide bonds. The van der Waals surface area contributed by atoms with Crippen molar-refractivity contribution in [2.75, 3.05) is 6.61 Å². The lowest BCUT2D eigenvalue weighted by atomic mass is 10.0.